The lowest BCUT2D eigenvalue weighted by Crippen LogP contribution is -2.10. The van der Waals surface area contributed by atoms with Crippen LogP contribution in [0.1, 0.15) is 5.56 Å². The fourth-order valence-electron chi connectivity index (χ4n) is 1.22. The van der Waals surface area contributed by atoms with Crippen LogP contribution >= 0.6 is 11.8 Å². The quantitative estimate of drug-likeness (QED) is 0.665. The van der Waals surface area contributed by atoms with Gasteiger partial charge >= 0.3 is 0 Å². The van der Waals surface area contributed by atoms with Gasteiger partial charge in [-0.1, -0.05) is 11.8 Å². The first-order valence-electron chi connectivity index (χ1n) is 4.92. The van der Waals surface area contributed by atoms with E-state index in [4.69, 9.17) is 4.74 Å². The molecule has 0 aliphatic carbocycles. The zero-order chi connectivity index (χ0) is 12.3. The maximum Gasteiger partial charge on any atom is 0.294 e. The molecule has 6 heteroatoms. The highest BCUT2D eigenvalue weighted by atomic mass is 32.2. The molecule has 17 heavy (non-hydrogen) atoms. The number of hydrogen-bond acceptors (Lipinski definition) is 5. The molecule has 0 unspecified atom stereocenters. The highest BCUT2D eigenvalue weighted by Crippen LogP contribution is 2.20. The summed E-state index contributed by atoms with van der Waals surface area (Å²) in [5, 5.41) is 0.560. The SMILES string of the molecule is CSc1ncc(Oc2cnccc2C)c(=O)[nH]1. The minimum absolute atomic E-state index is 0.166. The Labute approximate surface area is 102 Å². The van der Waals surface area contributed by atoms with Gasteiger partial charge in [0.2, 0.25) is 5.75 Å². The lowest BCUT2D eigenvalue weighted by Gasteiger charge is -2.06. The maximum atomic E-state index is 11.7. The van der Waals surface area contributed by atoms with E-state index in [1.807, 2.05) is 19.2 Å². The molecule has 88 valence electrons. The third kappa shape index (κ3) is 2.65. The lowest BCUT2D eigenvalue weighted by atomic mass is 10.3. The molecule has 0 amide bonds. The molecule has 0 bridgehead atoms. The van der Waals surface area contributed by atoms with Crippen LogP contribution in [-0.2, 0) is 0 Å². The molecule has 0 atom stereocenters. The van der Waals surface area contributed by atoms with Crippen LogP contribution in [0.5, 0.6) is 11.5 Å². The summed E-state index contributed by atoms with van der Waals surface area (Å²) in [7, 11) is 0. The van der Waals surface area contributed by atoms with Gasteiger partial charge in [0.15, 0.2) is 5.16 Å². The third-order valence-corrected chi connectivity index (χ3v) is 2.74. The van der Waals surface area contributed by atoms with Crippen LogP contribution in [0.2, 0.25) is 0 Å². The summed E-state index contributed by atoms with van der Waals surface area (Å²) >= 11 is 1.37. The van der Waals surface area contributed by atoms with Gasteiger partial charge in [-0.2, -0.15) is 0 Å². The topological polar surface area (TPSA) is 67.9 Å². The van der Waals surface area contributed by atoms with Gasteiger partial charge in [0.25, 0.3) is 5.56 Å². The number of nitrogens with one attached hydrogen (secondary N) is 1. The smallest absolute Gasteiger partial charge is 0.294 e. The van der Waals surface area contributed by atoms with Gasteiger partial charge in [-0.05, 0) is 24.8 Å². The average Bonchev–Trinajstić information content (AvgIpc) is 2.34. The molecule has 1 N–H and O–H groups in total. The number of ether oxygens (including phenoxy) is 1. The molecular formula is C11H11N3O2S. The van der Waals surface area contributed by atoms with Crippen LogP contribution in [0.25, 0.3) is 0 Å². The van der Waals surface area contributed by atoms with Gasteiger partial charge in [-0.3, -0.25) is 14.8 Å². The Morgan fingerprint density at radius 1 is 1.35 bits per heavy atom. The minimum Gasteiger partial charge on any atom is -0.448 e. The summed E-state index contributed by atoms with van der Waals surface area (Å²) < 4.78 is 5.46. The molecule has 2 rings (SSSR count). The molecule has 2 aromatic rings. The second-order valence-corrected chi connectivity index (χ2v) is 4.12. The molecule has 0 fully saturated rings. The first-order valence-corrected chi connectivity index (χ1v) is 6.15. The molecule has 0 aromatic carbocycles. The molecular weight excluding hydrogens is 238 g/mol. The van der Waals surface area contributed by atoms with Gasteiger partial charge in [0.05, 0.1) is 12.4 Å². The normalized spacial score (nSPS) is 10.2. The van der Waals surface area contributed by atoms with E-state index in [9.17, 15) is 4.79 Å². The summed E-state index contributed by atoms with van der Waals surface area (Å²) in [4.78, 5) is 22.3. The zero-order valence-corrected chi connectivity index (χ0v) is 10.2. The average molecular weight is 249 g/mol. The maximum absolute atomic E-state index is 11.7. The first-order chi connectivity index (χ1) is 8.20. The molecule has 0 aliphatic rings. The number of pyridine rings is 1. The van der Waals surface area contributed by atoms with Gasteiger partial charge in [0.1, 0.15) is 5.75 Å². The Hall–Kier alpha value is -1.82. The second-order valence-electron chi connectivity index (χ2n) is 3.33. The number of H-pyrrole nitrogens is 1. The van der Waals surface area contributed by atoms with Crippen LogP contribution in [0.4, 0.5) is 0 Å². The Bertz CT molecular complexity index is 583. The standard InChI is InChI=1S/C11H11N3O2S/c1-7-3-4-12-5-8(7)16-9-6-13-11(17-2)14-10(9)15/h3-6H,1-2H3,(H,13,14,15). The van der Waals surface area contributed by atoms with Gasteiger partial charge < -0.3 is 4.74 Å². The fourth-order valence-corrected chi connectivity index (χ4v) is 1.57. The van der Waals surface area contributed by atoms with E-state index in [1.165, 1.54) is 18.0 Å². The fraction of sp³-hybridized carbons (Fsp3) is 0.182. The summed E-state index contributed by atoms with van der Waals surface area (Å²) in [6.45, 7) is 1.88. The Morgan fingerprint density at radius 3 is 2.82 bits per heavy atom. The van der Waals surface area contributed by atoms with Gasteiger partial charge in [0, 0.05) is 6.20 Å². The van der Waals surface area contributed by atoms with Crippen molar-refractivity contribution in [1.82, 2.24) is 15.0 Å². The van der Waals surface area contributed by atoms with Crippen molar-refractivity contribution >= 4 is 11.8 Å². The molecule has 2 heterocycles. The molecule has 0 saturated heterocycles. The van der Waals surface area contributed by atoms with Crippen molar-refractivity contribution in [1.29, 1.82) is 0 Å². The largest absolute Gasteiger partial charge is 0.448 e. The Balaban J connectivity index is 2.31. The van der Waals surface area contributed by atoms with Crippen molar-refractivity contribution in [2.75, 3.05) is 6.26 Å². The van der Waals surface area contributed by atoms with Crippen molar-refractivity contribution in [2.24, 2.45) is 0 Å². The Kier molecular flexibility index (Phi) is 3.43. The zero-order valence-electron chi connectivity index (χ0n) is 9.43. The number of hydrogen-bond donors (Lipinski definition) is 1. The minimum atomic E-state index is -0.299. The second kappa shape index (κ2) is 5.01. The number of aryl methyl sites for hydroxylation is 1. The molecule has 0 spiro atoms. The van der Waals surface area contributed by atoms with E-state index in [1.54, 1.807) is 12.4 Å². The Morgan fingerprint density at radius 2 is 2.18 bits per heavy atom. The predicted octanol–water partition coefficient (Wildman–Crippen LogP) is 1.99. The summed E-state index contributed by atoms with van der Waals surface area (Å²) in [6.07, 6.45) is 6.49. The van der Waals surface area contributed by atoms with Crippen molar-refractivity contribution in [3.8, 4) is 11.5 Å². The highest BCUT2D eigenvalue weighted by molar-refractivity contribution is 7.98. The summed E-state index contributed by atoms with van der Waals surface area (Å²) in [5.41, 5.74) is 0.612. The van der Waals surface area contributed by atoms with Crippen LogP contribution < -0.4 is 10.3 Å². The van der Waals surface area contributed by atoms with E-state index in [2.05, 4.69) is 15.0 Å². The summed E-state index contributed by atoms with van der Waals surface area (Å²) in [6, 6.07) is 1.81. The monoisotopic (exact) mass is 249 g/mol. The number of nitrogens with zero attached hydrogens (tertiary/aromatic N) is 2. The van der Waals surface area contributed by atoms with Gasteiger partial charge in [-0.15, -0.1) is 0 Å². The van der Waals surface area contributed by atoms with Crippen LogP contribution in [0, 0.1) is 6.92 Å². The lowest BCUT2D eigenvalue weighted by molar-refractivity contribution is 0.463. The molecule has 0 radical (unpaired) electrons. The number of rotatable bonds is 3. The molecule has 0 saturated carbocycles. The van der Waals surface area contributed by atoms with Crippen LogP contribution in [0.15, 0.2) is 34.6 Å². The van der Waals surface area contributed by atoms with Crippen LogP contribution in [0.3, 0.4) is 0 Å². The van der Waals surface area contributed by atoms with Crippen LogP contribution in [-0.4, -0.2) is 21.2 Å². The first kappa shape index (κ1) is 11.7. The van der Waals surface area contributed by atoms with Gasteiger partial charge in [-0.25, -0.2) is 4.98 Å². The molecule has 2 aromatic heterocycles. The van der Waals surface area contributed by atoms with Crippen molar-refractivity contribution in [3.05, 3.63) is 40.6 Å². The van der Waals surface area contributed by atoms with E-state index in [-0.39, 0.29) is 11.3 Å². The van der Waals surface area contributed by atoms with E-state index < -0.39 is 0 Å². The van der Waals surface area contributed by atoms with Crippen molar-refractivity contribution in [3.63, 3.8) is 0 Å². The molecule has 0 aliphatic heterocycles. The van der Waals surface area contributed by atoms with E-state index in [0.29, 0.717) is 10.9 Å². The van der Waals surface area contributed by atoms with E-state index >= 15 is 0 Å². The van der Waals surface area contributed by atoms with Crippen molar-refractivity contribution in [2.45, 2.75) is 12.1 Å². The van der Waals surface area contributed by atoms with E-state index in [0.717, 1.165) is 5.56 Å². The number of thioether (sulfide) groups is 1. The highest BCUT2D eigenvalue weighted by Gasteiger charge is 2.06. The number of aromatic amines is 1. The number of aromatic nitrogens is 3. The predicted molar refractivity (Wildman–Crippen MR) is 65.7 cm³/mol. The third-order valence-electron chi connectivity index (χ3n) is 2.15. The molecule has 5 nitrogen and oxygen atoms in total. The van der Waals surface area contributed by atoms with Crippen molar-refractivity contribution < 1.29 is 4.74 Å². The summed E-state index contributed by atoms with van der Waals surface area (Å²) in [5.74, 6) is 0.718.